The average molecular weight is 453 g/mol. The summed E-state index contributed by atoms with van der Waals surface area (Å²) in [4.78, 5) is 2.26. The molecule has 0 aliphatic carbocycles. The van der Waals surface area contributed by atoms with Crippen LogP contribution in [0.4, 0.5) is 4.39 Å². The van der Waals surface area contributed by atoms with E-state index < -0.39 is 10.0 Å². The summed E-state index contributed by atoms with van der Waals surface area (Å²) < 4.78 is 42.4. The van der Waals surface area contributed by atoms with Crippen LogP contribution in [-0.2, 0) is 16.4 Å². The molecule has 0 N–H and O–H groups in total. The maximum Gasteiger partial charge on any atom is 0.252 e. The van der Waals surface area contributed by atoms with Crippen molar-refractivity contribution in [3.8, 4) is 0 Å². The molecule has 1 saturated heterocycles. The maximum atomic E-state index is 13.2. The lowest BCUT2D eigenvalue weighted by Gasteiger charge is -2.33. The minimum Gasteiger partial charge on any atom is -0.300 e. The molecule has 0 bridgehead atoms. The van der Waals surface area contributed by atoms with Crippen LogP contribution in [0.1, 0.15) is 11.1 Å². The van der Waals surface area contributed by atoms with Crippen LogP contribution in [0.5, 0.6) is 0 Å². The van der Waals surface area contributed by atoms with Crippen molar-refractivity contribution in [2.24, 2.45) is 0 Å². The van der Waals surface area contributed by atoms with E-state index >= 15 is 0 Å². The third kappa shape index (κ3) is 4.34. The molecule has 4 nitrogen and oxygen atoms in total. The Bertz CT molecular complexity index is 1120. The van der Waals surface area contributed by atoms with Gasteiger partial charge < -0.3 is 4.90 Å². The van der Waals surface area contributed by atoms with Gasteiger partial charge in [-0.15, -0.1) is 11.3 Å². The van der Waals surface area contributed by atoms with Crippen molar-refractivity contribution >= 4 is 43.0 Å². The molecule has 1 aromatic heterocycles. The molecule has 29 heavy (non-hydrogen) atoms. The van der Waals surface area contributed by atoms with Gasteiger partial charge in [0.2, 0.25) is 0 Å². The van der Waals surface area contributed by atoms with Crippen LogP contribution in [-0.4, -0.2) is 50.3 Å². The van der Waals surface area contributed by atoms with E-state index in [1.54, 1.807) is 22.5 Å². The predicted octanol–water partition coefficient (Wildman–Crippen LogP) is 4.55. The molecule has 0 atom stereocenters. The Balaban J connectivity index is 1.42. The van der Waals surface area contributed by atoms with Crippen LogP contribution >= 0.6 is 22.9 Å². The van der Waals surface area contributed by atoms with Gasteiger partial charge in [-0.1, -0.05) is 23.7 Å². The molecule has 3 aromatic rings. The summed E-state index contributed by atoms with van der Waals surface area (Å²) in [5.74, 6) is -0.230. The van der Waals surface area contributed by atoms with Gasteiger partial charge in [-0.25, -0.2) is 12.8 Å². The molecule has 8 heteroatoms. The lowest BCUT2D eigenvalue weighted by Crippen LogP contribution is -2.48. The van der Waals surface area contributed by atoms with Gasteiger partial charge in [0.05, 0.1) is 0 Å². The first-order valence-electron chi connectivity index (χ1n) is 9.50. The monoisotopic (exact) mass is 452 g/mol. The normalized spacial score (nSPS) is 16.5. The predicted molar refractivity (Wildman–Crippen MR) is 117 cm³/mol. The first kappa shape index (κ1) is 20.8. The molecule has 1 fully saturated rings. The molecule has 0 saturated carbocycles. The zero-order valence-corrected chi connectivity index (χ0v) is 18.5. The van der Waals surface area contributed by atoms with Crippen molar-refractivity contribution in [2.45, 2.75) is 17.6 Å². The number of benzene rings is 2. The van der Waals surface area contributed by atoms with E-state index in [0.29, 0.717) is 35.4 Å². The molecule has 0 unspecified atom stereocenters. The van der Waals surface area contributed by atoms with Crippen molar-refractivity contribution in [3.05, 3.63) is 64.4 Å². The van der Waals surface area contributed by atoms with Crippen LogP contribution in [0.2, 0.25) is 5.02 Å². The van der Waals surface area contributed by atoms with Gasteiger partial charge in [-0.05, 0) is 60.2 Å². The van der Waals surface area contributed by atoms with Crippen LogP contribution in [0.25, 0.3) is 10.1 Å². The smallest absolute Gasteiger partial charge is 0.252 e. The Labute approximate surface area is 179 Å². The van der Waals surface area contributed by atoms with Crippen molar-refractivity contribution in [1.82, 2.24) is 9.21 Å². The molecule has 0 spiro atoms. The molecular formula is C21H22ClFN2O2S2. The van der Waals surface area contributed by atoms with Gasteiger partial charge >= 0.3 is 0 Å². The fourth-order valence-corrected chi connectivity index (χ4v) is 7.14. The summed E-state index contributed by atoms with van der Waals surface area (Å²) in [5, 5.41) is 1.51. The minimum absolute atomic E-state index is 0.230. The highest BCUT2D eigenvalue weighted by Gasteiger charge is 2.31. The third-order valence-corrected chi connectivity index (χ3v) is 9.39. The minimum atomic E-state index is -3.52. The van der Waals surface area contributed by atoms with Gasteiger partial charge in [0.15, 0.2) is 0 Å². The molecule has 4 rings (SSSR count). The van der Waals surface area contributed by atoms with E-state index in [-0.39, 0.29) is 5.82 Å². The number of fused-ring (bicyclic) bond motifs is 1. The number of hydrogen-bond acceptors (Lipinski definition) is 4. The molecule has 0 amide bonds. The van der Waals surface area contributed by atoms with Gasteiger partial charge in [-0.2, -0.15) is 4.31 Å². The molecular weight excluding hydrogens is 431 g/mol. The van der Waals surface area contributed by atoms with Crippen molar-refractivity contribution in [3.63, 3.8) is 0 Å². The first-order valence-corrected chi connectivity index (χ1v) is 12.1. The van der Waals surface area contributed by atoms with E-state index in [1.807, 2.05) is 19.1 Å². The van der Waals surface area contributed by atoms with E-state index in [0.717, 1.165) is 34.2 Å². The lowest BCUT2D eigenvalue weighted by molar-refractivity contribution is 0.190. The second-order valence-corrected chi connectivity index (χ2v) is 10.9. The summed E-state index contributed by atoms with van der Waals surface area (Å²) in [6.45, 7) is 5.01. The summed E-state index contributed by atoms with van der Waals surface area (Å²) in [5.41, 5.74) is 1.85. The van der Waals surface area contributed by atoms with Gasteiger partial charge in [-0.3, -0.25) is 0 Å². The molecule has 1 aliphatic rings. The Morgan fingerprint density at radius 2 is 1.76 bits per heavy atom. The van der Waals surface area contributed by atoms with E-state index in [1.165, 1.54) is 23.5 Å². The standard InChI is InChI=1S/C21H22ClFN2O2S2/c1-15-19-14-17(22)4-7-20(19)28-21(15)29(26,27)25-12-10-24(11-13-25)9-8-16-2-5-18(23)6-3-16/h2-7,14H,8-13H2,1H3. The number of sulfonamides is 1. The quantitative estimate of drug-likeness (QED) is 0.570. The largest absolute Gasteiger partial charge is 0.300 e. The highest BCUT2D eigenvalue weighted by atomic mass is 35.5. The Morgan fingerprint density at radius 3 is 2.45 bits per heavy atom. The third-order valence-electron chi connectivity index (χ3n) is 5.39. The van der Waals surface area contributed by atoms with Crippen LogP contribution in [0.3, 0.4) is 0 Å². The van der Waals surface area contributed by atoms with Gasteiger partial charge in [0, 0.05) is 42.4 Å². The van der Waals surface area contributed by atoms with Gasteiger partial charge in [0.25, 0.3) is 10.0 Å². The fraction of sp³-hybridized carbons (Fsp3) is 0.333. The highest BCUT2D eigenvalue weighted by molar-refractivity contribution is 7.91. The van der Waals surface area contributed by atoms with Gasteiger partial charge in [0.1, 0.15) is 10.0 Å². The van der Waals surface area contributed by atoms with E-state index in [9.17, 15) is 12.8 Å². The van der Waals surface area contributed by atoms with Crippen molar-refractivity contribution in [2.75, 3.05) is 32.7 Å². The topological polar surface area (TPSA) is 40.6 Å². The molecule has 2 aromatic carbocycles. The van der Waals surface area contributed by atoms with Crippen LogP contribution in [0, 0.1) is 12.7 Å². The second kappa shape index (κ2) is 8.32. The van der Waals surface area contributed by atoms with E-state index in [4.69, 9.17) is 11.6 Å². The Morgan fingerprint density at radius 1 is 1.07 bits per heavy atom. The zero-order valence-electron chi connectivity index (χ0n) is 16.1. The number of halogens is 2. The van der Waals surface area contributed by atoms with Crippen molar-refractivity contribution < 1.29 is 12.8 Å². The zero-order chi connectivity index (χ0) is 20.6. The molecule has 0 radical (unpaired) electrons. The fourth-order valence-electron chi connectivity index (χ4n) is 3.67. The van der Waals surface area contributed by atoms with Crippen LogP contribution in [0.15, 0.2) is 46.7 Å². The Hall–Kier alpha value is -1.51. The summed E-state index contributed by atoms with van der Waals surface area (Å²) in [6, 6.07) is 12.0. The second-order valence-electron chi connectivity index (χ2n) is 7.28. The number of nitrogens with zero attached hydrogens (tertiary/aromatic N) is 2. The highest BCUT2D eigenvalue weighted by Crippen LogP contribution is 2.37. The summed E-state index contributed by atoms with van der Waals surface area (Å²) in [6.07, 6.45) is 0.823. The van der Waals surface area contributed by atoms with Crippen LogP contribution < -0.4 is 0 Å². The number of thiophene rings is 1. The molecule has 1 aliphatic heterocycles. The summed E-state index contributed by atoms with van der Waals surface area (Å²) in [7, 11) is -3.52. The van der Waals surface area contributed by atoms with E-state index in [2.05, 4.69) is 4.90 Å². The number of aryl methyl sites for hydroxylation is 1. The lowest BCUT2D eigenvalue weighted by atomic mass is 10.1. The number of rotatable bonds is 5. The number of hydrogen-bond donors (Lipinski definition) is 0. The first-order chi connectivity index (χ1) is 13.8. The Kier molecular flexibility index (Phi) is 5.95. The molecule has 2 heterocycles. The maximum absolute atomic E-state index is 13.2. The van der Waals surface area contributed by atoms with Crippen molar-refractivity contribution in [1.29, 1.82) is 0 Å². The SMILES string of the molecule is Cc1c(S(=O)(=O)N2CCN(CCc3ccc(F)cc3)CC2)sc2ccc(Cl)cc12. The number of piperazine rings is 1. The average Bonchev–Trinajstić information content (AvgIpc) is 3.05. The summed E-state index contributed by atoms with van der Waals surface area (Å²) >= 11 is 7.39. The molecule has 154 valence electrons.